The van der Waals surface area contributed by atoms with Crippen LogP contribution in [0.5, 0.6) is 0 Å². The van der Waals surface area contributed by atoms with Gasteiger partial charge in [-0.3, -0.25) is 9.69 Å². The lowest BCUT2D eigenvalue weighted by atomic mass is 10.1. The molecule has 1 amide bonds. The Morgan fingerprint density at radius 3 is 1.96 bits per heavy atom. The van der Waals surface area contributed by atoms with Crippen molar-refractivity contribution in [2.75, 3.05) is 18.1 Å². The van der Waals surface area contributed by atoms with Crippen molar-refractivity contribution in [2.24, 2.45) is 4.99 Å². The molecule has 0 atom stereocenters. The van der Waals surface area contributed by atoms with Gasteiger partial charge in [0.1, 0.15) is 0 Å². The normalized spacial score (nSPS) is 14.4. The zero-order valence-electron chi connectivity index (χ0n) is 25.5. The van der Waals surface area contributed by atoms with Gasteiger partial charge in [0.2, 0.25) is 0 Å². The van der Waals surface area contributed by atoms with Crippen molar-refractivity contribution in [3.63, 3.8) is 0 Å². The predicted molar refractivity (Wildman–Crippen MR) is 182 cm³/mol. The van der Waals surface area contributed by atoms with Gasteiger partial charge >= 0.3 is 12.0 Å². The van der Waals surface area contributed by atoms with Crippen molar-refractivity contribution < 1.29 is 19.1 Å². The summed E-state index contributed by atoms with van der Waals surface area (Å²) in [4.78, 5) is 34.7. The van der Waals surface area contributed by atoms with Crippen molar-refractivity contribution in [3.05, 3.63) is 162 Å². The highest BCUT2D eigenvalue weighted by Gasteiger charge is 2.35. The van der Waals surface area contributed by atoms with Crippen LogP contribution in [0.25, 0.3) is 6.08 Å². The Hall–Kier alpha value is -5.95. The molecule has 5 aromatic carbocycles. The summed E-state index contributed by atoms with van der Waals surface area (Å²) in [6.07, 6.45) is 2.32. The van der Waals surface area contributed by atoms with E-state index in [1.54, 1.807) is 37.3 Å². The Labute approximate surface area is 268 Å². The number of nitrogens with zero attached hydrogens (tertiary/aromatic N) is 3. The molecule has 0 unspecified atom stereocenters. The van der Waals surface area contributed by atoms with E-state index >= 15 is 0 Å². The molecule has 0 aromatic heterocycles. The van der Waals surface area contributed by atoms with Gasteiger partial charge in [0.25, 0.3) is 5.91 Å². The van der Waals surface area contributed by atoms with Crippen molar-refractivity contribution >= 4 is 46.7 Å². The molecule has 46 heavy (non-hydrogen) atoms. The molecule has 0 bridgehead atoms. The molecule has 0 spiro atoms. The first-order chi connectivity index (χ1) is 22.6. The molecule has 1 saturated heterocycles. The first-order valence-corrected chi connectivity index (χ1v) is 15.2. The van der Waals surface area contributed by atoms with Crippen LogP contribution in [-0.4, -0.2) is 35.9 Å². The van der Waals surface area contributed by atoms with Crippen LogP contribution in [0.1, 0.15) is 28.4 Å². The number of rotatable bonds is 10. The Balaban J connectivity index is 1.31. The summed E-state index contributed by atoms with van der Waals surface area (Å²) in [7, 11) is 0. The van der Waals surface area contributed by atoms with Crippen LogP contribution in [0, 0.1) is 0 Å². The molecule has 1 fully saturated rings. The maximum absolute atomic E-state index is 13.8. The summed E-state index contributed by atoms with van der Waals surface area (Å²) in [5, 5.41) is 0. The van der Waals surface area contributed by atoms with E-state index in [1.807, 2.05) is 91.0 Å². The third kappa shape index (κ3) is 6.89. The van der Waals surface area contributed by atoms with Gasteiger partial charge in [-0.15, -0.1) is 0 Å². The fourth-order valence-electron chi connectivity index (χ4n) is 5.20. The van der Waals surface area contributed by atoms with E-state index in [2.05, 4.69) is 34.2 Å². The summed E-state index contributed by atoms with van der Waals surface area (Å²) < 4.78 is 11.3. The highest BCUT2D eigenvalue weighted by molar-refractivity contribution is 6.12. The van der Waals surface area contributed by atoms with Crippen LogP contribution in [0.15, 0.2) is 150 Å². The number of carbonyl (C=O) groups is 2. The predicted octanol–water partition coefficient (Wildman–Crippen LogP) is 8.46. The number of carbonyl (C=O) groups excluding carboxylic acids is 2. The van der Waals surface area contributed by atoms with Crippen LogP contribution >= 0.6 is 0 Å². The summed E-state index contributed by atoms with van der Waals surface area (Å²) in [6.45, 7) is 2.34. The summed E-state index contributed by atoms with van der Waals surface area (Å²) in [5.41, 5.74) is 5.58. The fourth-order valence-corrected chi connectivity index (χ4v) is 5.20. The standard InChI is InChI=1S/C39H33N3O4/c1-2-45-38(44)34-20-12-13-21-35(34)40-39-41(27-26-29-14-6-3-7-15-29)37(43)36(46-39)28-30-22-24-33(25-23-30)42(31-16-8-4-9-17-31)32-18-10-5-11-19-32/h3-25,28H,2,26-27H2,1H3/b36-28+,40-39+. The van der Waals surface area contributed by atoms with E-state index in [0.717, 1.165) is 28.2 Å². The number of anilines is 3. The lowest BCUT2D eigenvalue weighted by Crippen LogP contribution is -2.32. The van der Waals surface area contributed by atoms with Gasteiger partial charge in [0, 0.05) is 23.6 Å². The Kier molecular flexibility index (Phi) is 9.30. The summed E-state index contributed by atoms with van der Waals surface area (Å²) >= 11 is 0. The lowest BCUT2D eigenvalue weighted by Gasteiger charge is -2.25. The van der Waals surface area contributed by atoms with Crippen molar-refractivity contribution in [3.8, 4) is 0 Å². The molecular formula is C39H33N3O4. The molecule has 5 aromatic rings. The maximum atomic E-state index is 13.8. The van der Waals surface area contributed by atoms with E-state index in [1.165, 1.54) is 4.90 Å². The van der Waals surface area contributed by atoms with Gasteiger partial charge in [-0.05, 0) is 79.1 Å². The van der Waals surface area contributed by atoms with E-state index in [9.17, 15) is 9.59 Å². The van der Waals surface area contributed by atoms with Crippen LogP contribution in [0.3, 0.4) is 0 Å². The van der Waals surface area contributed by atoms with Gasteiger partial charge in [0.05, 0.1) is 17.9 Å². The van der Waals surface area contributed by atoms with E-state index in [-0.39, 0.29) is 24.3 Å². The molecule has 1 heterocycles. The van der Waals surface area contributed by atoms with Crippen molar-refractivity contribution in [2.45, 2.75) is 13.3 Å². The second-order valence-electron chi connectivity index (χ2n) is 10.5. The van der Waals surface area contributed by atoms with Crippen LogP contribution < -0.4 is 4.90 Å². The fraction of sp³-hybridized carbons (Fsp3) is 0.103. The Morgan fingerprint density at radius 1 is 0.761 bits per heavy atom. The zero-order chi connectivity index (χ0) is 31.7. The van der Waals surface area contributed by atoms with Gasteiger partial charge in [0.15, 0.2) is 5.76 Å². The Bertz CT molecular complexity index is 1820. The third-order valence-corrected chi connectivity index (χ3v) is 7.45. The zero-order valence-corrected chi connectivity index (χ0v) is 25.5. The number of benzene rings is 5. The molecule has 1 aliphatic rings. The minimum Gasteiger partial charge on any atom is -0.462 e. The summed E-state index contributed by atoms with van der Waals surface area (Å²) in [6, 6.07) is 45.2. The minimum atomic E-state index is -0.487. The van der Waals surface area contributed by atoms with Crippen molar-refractivity contribution in [1.82, 2.24) is 4.90 Å². The van der Waals surface area contributed by atoms with Crippen molar-refractivity contribution in [1.29, 1.82) is 0 Å². The first kappa shape index (κ1) is 30.1. The molecule has 6 rings (SSSR count). The number of ether oxygens (including phenoxy) is 2. The highest BCUT2D eigenvalue weighted by Crippen LogP contribution is 2.34. The lowest BCUT2D eigenvalue weighted by molar-refractivity contribution is -0.122. The smallest absolute Gasteiger partial charge is 0.340 e. The number of amides is 1. The highest BCUT2D eigenvalue weighted by atomic mass is 16.5. The maximum Gasteiger partial charge on any atom is 0.340 e. The van der Waals surface area contributed by atoms with E-state index in [4.69, 9.17) is 9.47 Å². The number of para-hydroxylation sites is 3. The second-order valence-corrected chi connectivity index (χ2v) is 10.5. The molecule has 1 aliphatic heterocycles. The average Bonchev–Trinajstić information content (AvgIpc) is 3.39. The number of hydrogen-bond donors (Lipinski definition) is 0. The van der Waals surface area contributed by atoms with Crippen LogP contribution in [0.2, 0.25) is 0 Å². The quantitative estimate of drug-likeness (QED) is 0.118. The van der Waals surface area contributed by atoms with Gasteiger partial charge in [-0.25, -0.2) is 4.79 Å². The minimum absolute atomic E-state index is 0.111. The molecule has 7 heteroatoms. The molecule has 7 nitrogen and oxygen atoms in total. The third-order valence-electron chi connectivity index (χ3n) is 7.45. The van der Waals surface area contributed by atoms with Crippen LogP contribution in [-0.2, 0) is 20.7 Å². The summed E-state index contributed by atoms with van der Waals surface area (Å²) in [5.74, 6) is -0.641. The largest absolute Gasteiger partial charge is 0.462 e. The number of amidine groups is 1. The van der Waals surface area contributed by atoms with Gasteiger partial charge in [-0.1, -0.05) is 91.0 Å². The van der Waals surface area contributed by atoms with Gasteiger partial charge < -0.3 is 14.4 Å². The first-order valence-electron chi connectivity index (χ1n) is 15.2. The Morgan fingerprint density at radius 2 is 1.33 bits per heavy atom. The number of aliphatic imine (C=N–C) groups is 1. The molecule has 0 radical (unpaired) electrons. The topological polar surface area (TPSA) is 71.4 Å². The van der Waals surface area contributed by atoms with Crippen LogP contribution in [0.4, 0.5) is 22.7 Å². The molecule has 0 saturated carbocycles. The SMILES string of the molecule is CCOC(=O)c1ccccc1/N=C1/O/C(=C/c2ccc(N(c3ccccc3)c3ccccc3)cc2)C(=O)N1CCc1ccccc1. The monoisotopic (exact) mass is 607 g/mol. The molecule has 228 valence electrons. The van der Waals surface area contributed by atoms with Gasteiger partial charge in [-0.2, -0.15) is 4.99 Å². The number of esters is 1. The average molecular weight is 608 g/mol. The number of hydrogen-bond acceptors (Lipinski definition) is 6. The van der Waals surface area contributed by atoms with E-state index < -0.39 is 5.97 Å². The molecule has 0 aliphatic carbocycles. The van der Waals surface area contributed by atoms with E-state index in [0.29, 0.717) is 24.2 Å². The molecule has 0 N–H and O–H groups in total. The molecular weight excluding hydrogens is 574 g/mol. The second kappa shape index (κ2) is 14.2.